The molecule has 0 bridgehead atoms. The van der Waals surface area contributed by atoms with Crippen LogP contribution < -0.4 is 0 Å². The van der Waals surface area contributed by atoms with Gasteiger partial charge in [-0.05, 0) is 0 Å². The summed E-state index contributed by atoms with van der Waals surface area (Å²) in [4.78, 5) is 0. The Morgan fingerprint density at radius 1 is 1.00 bits per heavy atom. The molecule has 0 fully saturated rings. The molecule has 0 aliphatic carbocycles. The van der Waals surface area contributed by atoms with Crippen LogP contribution in [0.4, 0.5) is 0 Å². The zero-order valence-corrected chi connectivity index (χ0v) is 5.12. The van der Waals surface area contributed by atoms with Crippen LogP contribution in [0, 0.1) is 0 Å². The molecule has 0 saturated carbocycles. The van der Waals surface area contributed by atoms with Crippen LogP contribution in [0.25, 0.3) is 0 Å². The van der Waals surface area contributed by atoms with Gasteiger partial charge in [0.05, 0.1) is 0 Å². The fourth-order valence-corrected chi connectivity index (χ4v) is 0. The van der Waals surface area contributed by atoms with Crippen molar-refractivity contribution in [3.63, 3.8) is 0 Å². The van der Waals surface area contributed by atoms with Crippen molar-refractivity contribution in [3.05, 3.63) is 0 Å². The van der Waals surface area contributed by atoms with Crippen molar-refractivity contribution < 1.29 is 38.8 Å². The fraction of sp³-hybridized carbons (Fsp3) is 1.00. The van der Waals surface area contributed by atoms with Crippen molar-refractivity contribution in [2.75, 3.05) is 0 Å². The minimum atomic E-state index is 0. The summed E-state index contributed by atoms with van der Waals surface area (Å²) in [5.74, 6) is 0. The SMILES string of the molecule is C.[Mn].[Si].[Ti]. The summed E-state index contributed by atoms with van der Waals surface area (Å²) >= 11 is 0. The van der Waals surface area contributed by atoms with Crippen LogP contribution >= 0.6 is 0 Å². The average molecular weight is 147 g/mol. The third kappa shape index (κ3) is 9.85. The molecule has 0 saturated heterocycles. The molecule has 0 spiro atoms. The summed E-state index contributed by atoms with van der Waals surface area (Å²) in [7, 11) is 0. The molecule has 0 aliphatic heterocycles. The molecule has 0 N–H and O–H groups in total. The van der Waals surface area contributed by atoms with Gasteiger partial charge in [-0.2, -0.15) is 0 Å². The number of rotatable bonds is 0. The van der Waals surface area contributed by atoms with E-state index in [0.29, 0.717) is 0 Å². The smallest absolute Gasteiger partial charge is 0 e. The first-order valence-electron chi connectivity index (χ1n) is 0. The van der Waals surface area contributed by atoms with Gasteiger partial charge in [-0.3, -0.25) is 0 Å². The Morgan fingerprint density at radius 2 is 1.00 bits per heavy atom. The normalized spacial score (nSPS) is 0. The quantitative estimate of drug-likeness (QED) is 0.431. The summed E-state index contributed by atoms with van der Waals surface area (Å²) in [5, 5.41) is 0. The summed E-state index contributed by atoms with van der Waals surface area (Å²) in [6, 6.07) is 0. The van der Waals surface area contributed by atoms with Gasteiger partial charge in [0.1, 0.15) is 0 Å². The van der Waals surface area contributed by atoms with Gasteiger partial charge in [0.2, 0.25) is 0 Å². The van der Waals surface area contributed by atoms with Crippen LogP contribution in [-0.2, 0) is 38.8 Å². The van der Waals surface area contributed by atoms with Gasteiger partial charge in [0, 0.05) is 49.8 Å². The first-order chi connectivity index (χ1) is 0. The molecule has 0 atom stereocenters. The van der Waals surface area contributed by atoms with Crippen LogP contribution in [0.1, 0.15) is 7.43 Å². The third-order valence-corrected chi connectivity index (χ3v) is 0. The van der Waals surface area contributed by atoms with E-state index in [0.717, 1.165) is 0 Å². The van der Waals surface area contributed by atoms with Gasteiger partial charge < -0.3 is 0 Å². The number of hydrogen-bond donors (Lipinski definition) is 0. The molecule has 4 heavy (non-hydrogen) atoms. The Morgan fingerprint density at radius 3 is 1.00 bits per heavy atom. The van der Waals surface area contributed by atoms with E-state index >= 15 is 0 Å². The van der Waals surface area contributed by atoms with Crippen molar-refractivity contribution >= 4 is 11.0 Å². The molecule has 0 aromatic carbocycles. The van der Waals surface area contributed by atoms with Crippen LogP contribution in [0.3, 0.4) is 0 Å². The zero-order valence-electron chi connectivity index (χ0n) is 1.38. The van der Waals surface area contributed by atoms with E-state index in [1.807, 2.05) is 0 Å². The second kappa shape index (κ2) is 25.2. The topological polar surface area (TPSA) is 0 Å². The molecule has 0 unspecified atom stereocenters. The summed E-state index contributed by atoms with van der Waals surface area (Å²) in [6.07, 6.45) is 0. The summed E-state index contributed by atoms with van der Waals surface area (Å²) in [6.45, 7) is 0. The summed E-state index contributed by atoms with van der Waals surface area (Å²) < 4.78 is 0. The maximum absolute atomic E-state index is 0. The standard InChI is InChI=1S/CH4.Mn.Si.Ti/h1H4;;;. The van der Waals surface area contributed by atoms with Gasteiger partial charge >= 0.3 is 0 Å². The second-order valence-electron chi connectivity index (χ2n) is 0. The molecule has 0 aromatic rings. The van der Waals surface area contributed by atoms with E-state index in [9.17, 15) is 0 Å². The van der Waals surface area contributed by atoms with Gasteiger partial charge in [0.25, 0.3) is 0 Å². The molecule has 0 aromatic heterocycles. The Balaban J connectivity index is 0. The summed E-state index contributed by atoms with van der Waals surface area (Å²) in [5.41, 5.74) is 0. The first kappa shape index (κ1) is 51.3. The molecule has 0 rings (SSSR count). The van der Waals surface area contributed by atoms with E-state index < -0.39 is 0 Å². The minimum Gasteiger partial charge on any atom is -0.0776 e. The maximum atomic E-state index is 0. The Bertz CT molecular complexity index is 8.00. The molecule has 3 heteroatoms. The van der Waals surface area contributed by atoms with E-state index in [4.69, 9.17) is 0 Å². The van der Waals surface area contributed by atoms with E-state index in [2.05, 4.69) is 0 Å². The first-order valence-corrected chi connectivity index (χ1v) is 0. The minimum absolute atomic E-state index is 0. The van der Waals surface area contributed by atoms with Crippen LogP contribution in [-0.4, -0.2) is 11.0 Å². The Labute approximate surface area is 57.1 Å². The average Bonchev–Trinajstić information content (AvgIpc) is 0. The van der Waals surface area contributed by atoms with Crippen molar-refractivity contribution in [2.45, 2.75) is 7.43 Å². The third-order valence-electron chi connectivity index (χ3n) is 0. The molecule has 23 valence electrons. The predicted molar refractivity (Wildman–Crippen MR) is 12.5 cm³/mol. The van der Waals surface area contributed by atoms with E-state index in [1.54, 1.807) is 0 Å². The molecule has 0 heterocycles. The van der Waals surface area contributed by atoms with Crippen LogP contribution in [0.15, 0.2) is 0 Å². The molecule has 5 radical (unpaired) electrons. The fourth-order valence-electron chi connectivity index (χ4n) is 0. The largest absolute Gasteiger partial charge is 0.0776 e. The van der Waals surface area contributed by atoms with Crippen molar-refractivity contribution in [3.8, 4) is 0 Å². The predicted octanol–water partition coefficient (Wildman–Crippen LogP) is 0.250. The maximum Gasteiger partial charge on any atom is 0 e. The molecule has 0 nitrogen and oxygen atoms in total. The van der Waals surface area contributed by atoms with E-state index in [1.165, 1.54) is 0 Å². The monoisotopic (exact) mass is 147 g/mol. The number of hydrogen-bond acceptors (Lipinski definition) is 0. The molecule has 0 amide bonds. The van der Waals surface area contributed by atoms with Crippen molar-refractivity contribution in [1.29, 1.82) is 0 Å². The zero-order chi connectivity index (χ0) is 0. The molecular formula is CH4MnSiTi. The van der Waals surface area contributed by atoms with Crippen molar-refractivity contribution in [2.24, 2.45) is 0 Å². The van der Waals surface area contributed by atoms with Crippen molar-refractivity contribution in [1.82, 2.24) is 0 Å². The Hall–Kier alpha value is 1.45. The molecular weight excluding hydrogens is 143 g/mol. The van der Waals surface area contributed by atoms with Gasteiger partial charge in [-0.25, -0.2) is 0 Å². The van der Waals surface area contributed by atoms with Gasteiger partial charge in [-0.1, -0.05) is 7.43 Å². The van der Waals surface area contributed by atoms with Crippen LogP contribution in [0.2, 0.25) is 0 Å². The van der Waals surface area contributed by atoms with E-state index in [-0.39, 0.29) is 57.2 Å². The second-order valence-corrected chi connectivity index (χ2v) is 0. The van der Waals surface area contributed by atoms with Gasteiger partial charge in [-0.15, -0.1) is 0 Å². The van der Waals surface area contributed by atoms with Crippen LogP contribution in [0.5, 0.6) is 0 Å². The molecule has 0 aliphatic rings. The Kier molecular flexibility index (Phi) is 323. The van der Waals surface area contributed by atoms with Gasteiger partial charge in [0.15, 0.2) is 0 Å².